The Labute approximate surface area is 199 Å². The Kier molecular flexibility index (Phi) is 6.92. The topological polar surface area (TPSA) is 185 Å². The third-order valence-corrected chi connectivity index (χ3v) is 5.94. The maximum atomic E-state index is 13.2. The summed E-state index contributed by atoms with van der Waals surface area (Å²) < 4.78 is 27.2. The van der Waals surface area contributed by atoms with E-state index in [1.165, 1.54) is 32.4 Å². The summed E-state index contributed by atoms with van der Waals surface area (Å²) in [6.07, 6.45) is -8.74. The lowest BCUT2D eigenvalue weighted by Gasteiger charge is -2.40. The molecule has 0 amide bonds. The van der Waals surface area contributed by atoms with Gasteiger partial charge in [-0.05, 0) is 12.1 Å². The highest BCUT2D eigenvalue weighted by Crippen LogP contribution is 2.45. The highest BCUT2D eigenvalue weighted by molar-refractivity contribution is 6.03. The lowest BCUT2D eigenvalue weighted by Crippen LogP contribution is -2.60. The summed E-state index contributed by atoms with van der Waals surface area (Å²) in [6, 6.07) is 5.33. The number of fused-ring (bicyclic) bond motifs is 1. The molecule has 0 saturated carbocycles. The van der Waals surface area contributed by atoms with E-state index < -0.39 is 49.2 Å². The van der Waals surface area contributed by atoms with E-state index in [9.17, 15) is 35.4 Å². The Balaban J connectivity index is 1.66. The van der Waals surface area contributed by atoms with Crippen LogP contribution in [0.3, 0.4) is 0 Å². The summed E-state index contributed by atoms with van der Waals surface area (Å²) in [4.78, 5) is 13.2. The average molecular weight is 494 g/mol. The van der Waals surface area contributed by atoms with Gasteiger partial charge in [-0.3, -0.25) is 4.79 Å². The van der Waals surface area contributed by atoms with Crippen LogP contribution in [0.2, 0.25) is 0 Å². The number of aromatic hydroxyl groups is 2. The summed E-state index contributed by atoms with van der Waals surface area (Å²) in [5.74, 6) is -0.938. The van der Waals surface area contributed by atoms with Crippen LogP contribution in [0.25, 0.3) is 0 Å². The van der Waals surface area contributed by atoms with Crippen molar-refractivity contribution < 1.29 is 59.1 Å². The molecule has 35 heavy (non-hydrogen) atoms. The molecule has 1 saturated heterocycles. The fourth-order valence-corrected chi connectivity index (χ4v) is 4.08. The van der Waals surface area contributed by atoms with Gasteiger partial charge in [-0.15, -0.1) is 0 Å². The zero-order chi connectivity index (χ0) is 25.4. The SMILES string of the molecule is COc1cc([C@@H]2CC(=O)c3c(O[C@@H]4OC(CO)[C@@H](O)[C@H](O)C4O)cc(O)cc3O2)cc(OC)c1O. The van der Waals surface area contributed by atoms with E-state index in [2.05, 4.69) is 0 Å². The quantitative estimate of drug-likeness (QED) is 0.316. The van der Waals surface area contributed by atoms with Crippen LogP contribution in [0.15, 0.2) is 24.3 Å². The second kappa shape index (κ2) is 9.76. The van der Waals surface area contributed by atoms with Crippen LogP contribution in [0, 0.1) is 0 Å². The van der Waals surface area contributed by atoms with Crippen LogP contribution in [0.5, 0.6) is 34.5 Å². The molecular weight excluding hydrogens is 468 g/mol. The van der Waals surface area contributed by atoms with Gasteiger partial charge in [0, 0.05) is 17.7 Å². The van der Waals surface area contributed by atoms with Gasteiger partial charge in [-0.2, -0.15) is 0 Å². The Morgan fingerprint density at radius 1 is 0.943 bits per heavy atom. The second-order valence-electron chi connectivity index (χ2n) is 8.14. The maximum absolute atomic E-state index is 13.2. The number of carbonyl (C=O) groups is 1. The zero-order valence-electron chi connectivity index (χ0n) is 18.8. The molecule has 2 heterocycles. The number of aliphatic hydroxyl groups is 4. The van der Waals surface area contributed by atoms with Crippen LogP contribution in [-0.2, 0) is 4.74 Å². The molecule has 0 aromatic heterocycles. The standard InChI is InChI=1S/C23H26O12/c1-31-15-3-9(4-16(32-2)19(15)27)12-7-11(26)18-13(33-12)5-10(25)6-14(18)34-23-22(30)21(29)20(28)17(8-24)35-23/h3-6,12,17,20-25,27-30H,7-8H2,1-2H3/t12-,17?,20+,21-,22?,23+/m0/s1. The summed E-state index contributed by atoms with van der Waals surface area (Å²) >= 11 is 0. The zero-order valence-corrected chi connectivity index (χ0v) is 18.8. The van der Waals surface area contributed by atoms with Gasteiger partial charge in [0.05, 0.1) is 27.2 Å². The first-order valence-corrected chi connectivity index (χ1v) is 10.7. The number of aliphatic hydroxyl groups excluding tert-OH is 4. The van der Waals surface area contributed by atoms with E-state index >= 15 is 0 Å². The molecule has 2 aromatic carbocycles. The number of phenolic OH excluding ortho intramolecular Hbond substituents is 2. The molecule has 6 atom stereocenters. The third-order valence-electron chi connectivity index (χ3n) is 5.94. The fourth-order valence-electron chi connectivity index (χ4n) is 4.08. The number of Topliss-reactive ketones (excluding diaryl/α,β-unsaturated/α-hetero) is 1. The molecule has 2 unspecified atom stereocenters. The number of benzene rings is 2. The highest BCUT2D eigenvalue weighted by Gasteiger charge is 2.45. The number of ether oxygens (including phenoxy) is 5. The first-order chi connectivity index (χ1) is 16.7. The van der Waals surface area contributed by atoms with Crippen molar-refractivity contribution in [2.45, 2.75) is 43.2 Å². The van der Waals surface area contributed by atoms with Crippen molar-refractivity contribution in [3.05, 3.63) is 35.4 Å². The predicted molar refractivity (Wildman–Crippen MR) is 116 cm³/mol. The molecule has 0 bridgehead atoms. The first-order valence-electron chi connectivity index (χ1n) is 10.7. The van der Waals surface area contributed by atoms with Crippen molar-refractivity contribution in [3.8, 4) is 34.5 Å². The number of hydrogen-bond acceptors (Lipinski definition) is 12. The highest BCUT2D eigenvalue weighted by atomic mass is 16.7. The van der Waals surface area contributed by atoms with Crippen molar-refractivity contribution in [2.24, 2.45) is 0 Å². The molecule has 0 radical (unpaired) electrons. The summed E-state index contributed by atoms with van der Waals surface area (Å²) in [5.41, 5.74) is 0.434. The van der Waals surface area contributed by atoms with Crippen molar-refractivity contribution in [1.29, 1.82) is 0 Å². The molecule has 190 valence electrons. The molecule has 12 heteroatoms. The first kappa shape index (κ1) is 24.8. The van der Waals surface area contributed by atoms with Crippen LogP contribution < -0.4 is 18.9 Å². The molecule has 12 nitrogen and oxygen atoms in total. The van der Waals surface area contributed by atoms with Gasteiger partial charge in [0.25, 0.3) is 0 Å². The lowest BCUT2D eigenvalue weighted by atomic mass is 9.94. The van der Waals surface area contributed by atoms with E-state index in [0.717, 1.165) is 6.07 Å². The normalized spacial score (nSPS) is 28.1. The third kappa shape index (κ3) is 4.54. The molecule has 0 spiro atoms. The van der Waals surface area contributed by atoms with Gasteiger partial charge in [0.1, 0.15) is 53.3 Å². The van der Waals surface area contributed by atoms with Crippen molar-refractivity contribution in [1.82, 2.24) is 0 Å². The van der Waals surface area contributed by atoms with E-state index in [4.69, 9.17) is 23.7 Å². The summed E-state index contributed by atoms with van der Waals surface area (Å²) in [7, 11) is 2.72. The number of ketones is 1. The molecule has 1 fully saturated rings. The van der Waals surface area contributed by atoms with Crippen molar-refractivity contribution in [3.63, 3.8) is 0 Å². The number of hydrogen-bond donors (Lipinski definition) is 6. The molecule has 2 aromatic rings. The monoisotopic (exact) mass is 494 g/mol. The van der Waals surface area contributed by atoms with Crippen LogP contribution in [-0.4, -0.2) is 88.0 Å². The number of phenols is 2. The van der Waals surface area contributed by atoms with Gasteiger partial charge < -0.3 is 54.3 Å². The molecule has 0 aliphatic carbocycles. The molecule has 2 aliphatic rings. The van der Waals surface area contributed by atoms with Crippen molar-refractivity contribution >= 4 is 5.78 Å². The van der Waals surface area contributed by atoms with Gasteiger partial charge >= 0.3 is 0 Å². The second-order valence-corrected chi connectivity index (χ2v) is 8.14. The smallest absolute Gasteiger partial charge is 0.229 e. The van der Waals surface area contributed by atoms with Gasteiger partial charge in [-0.1, -0.05) is 0 Å². The van der Waals surface area contributed by atoms with Gasteiger partial charge in [0.2, 0.25) is 12.0 Å². The molecule has 4 rings (SSSR count). The fraction of sp³-hybridized carbons (Fsp3) is 0.435. The molecule has 2 aliphatic heterocycles. The Morgan fingerprint density at radius 2 is 1.60 bits per heavy atom. The van der Waals surface area contributed by atoms with E-state index in [-0.39, 0.29) is 46.5 Å². The van der Waals surface area contributed by atoms with Crippen molar-refractivity contribution in [2.75, 3.05) is 20.8 Å². The van der Waals surface area contributed by atoms with Crippen LogP contribution in [0.4, 0.5) is 0 Å². The van der Waals surface area contributed by atoms with Crippen LogP contribution in [0.1, 0.15) is 28.4 Å². The summed E-state index contributed by atoms with van der Waals surface area (Å²) in [6.45, 7) is -0.660. The number of methoxy groups -OCH3 is 2. The van der Waals surface area contributed by atoms with E-state index in [1.807, 2.05) is 0 Å². The Bertz CT molecular complexity index is 1080. The summed E-state index contributed by atoms with van der Waals surface area (Å²) in [5, 5.41) is 60.0. The predicted octanol–water partition coefficient (Wildman–Crippen LogP) is 0.000200. The average Bonchev–Trinajstić information content (AvgIpc) is 2.83. The minimum Gasteiger partial charge on any atom is -0.508 e. The van der Waals surface area contributed by atoms with Gasteiger partial charge in [0.15, 0.2) is 17.3 Å². The largest absolute Gasteiger partial charge is 0.508 e. The molecular formula is C23H26O12. The Morgan fingerprint density at radius 3 is 2.20 bits per heavy atom. The maximum Gasteiger partial charge on any atom is 0.229 e. The van der Waals surface area contributed by atoms with E-state index in [0.29, 0.717) is 5.56 Å². The Hall–Kier alpha value is -3.29. The minimum atomic E-state index is -1.71. The minimum absolute atomic E-state index is 0.0168. The van der Waals surface area contributed by atoms with E-state index in [1.54, 1.807) is 0 Å². The van der Waals surface area contributed by atoms with Crippen LogP contribution >= 0.6 is 0 Å². The lowest BCUT2D eigenvalue weighted by molar-refractivity contribution is -0.277. The van der Waals surface area contributed by atoms with Gasteiger partial charge in [-0.25, -0.2) is 0 Å². The number of carbonyl (C=O) groups excluding carboxylic acids is 1. The molecule has 6 N–H and O–H groups in total. The number of rotatable bonds is 6.